The molecule has 4 atom stereocenters. The highest BCUT2D eigenvalue weighted by molar-refractivity contribution is 4.89. The van der Waals surface area contributed by atoms with Gasteiger partial charge in [0.15, 0.2) is 0 Å². The normalized spacial score (nSPS) is 36.8. The lowest BCUT2D eigenvalue weighted by molar-refractivity contribution is -0.0501. The fraction of sp³-hybridized carbons (Fsp3) is 1.00. The molecule has 0 spiro atoms. The minimum atomic E-state index is 0.448. The molecule has 2 aliphatic carbocycles. The Labute approximate surface area is 119 Å². The van der Waals surface area contributed by atoms with Crippen LogP contribution in [0.3, 0.4) is 0 Å². The van der Waals surface area contributed by atoms with E-state index in [1.165, 1.54) is 44.9 Å². The van der Waals surface area contributed by atoms with E-state index in [9.17, 15) is 0 Å². The summed E-state index contributed by atoms with van der Waals surface area (Å²) in [5.41, 5.74) is 0. The van der Waals surface area contributed by atoms with Crippen molar-refractivity contribution in [2.45, 2.75) is 77.9 Å². The number of rotatable bonds is 6. The van der Waals surface area contributed by atoms with E-state index in [0.29, 0.717) is 18.1 Å². The fourth-order valence-electron chi connectivity index (χ4n) is 4.06. The van der Waals surface area contributed by atoms with Gasteiger partial charge < -0.3 is 10.1 Å². The minimum Gasteiger partial charge on any atom is -0.376 e. The molecule has 2 aliphatic rings. The van der Waals surface area contributed by atoms with Crippen LogP contribution >= 0.6 is 0 Å². The SMILES string of the molecule is CCCNC1CC(C)CC(C)C1OCC1CCCC1. The Kier molecular flexibility index (Phi) is 6.15. The highest BCUT2D eigenvalue weighted by Gasteiger charge is 2.34. The van der Waals surface area contributed by atoms with Crippen LogP contribution in [-0.2, 0) is 4.74 Å². The maximum atomic E-state index is 6.37. The standard InChI is InChI=1S/C17H33NO/c1-4-9-18-16-11-13(2)10-14(3)17(16)19-12-15-7-5-6-8-15/h13-18H,4-12H2,1-3H3. The maximum Gasteiger partial charge on any atom is 0.0753 e. The Morgan fingerprint density at radius 1 is 1.11 bits per heavy atom. The average Bonchev–Trinajstić information content (AvgIpc) is 2.88. The van der Waals surface area contributed by atoms with E-state index in [1.54, 1.807) is 0 Å². The highest BCUT2D eigenvalue weighted by Crippen LogP contribution is 2.33. The molecule has 4 unspecified atom stereocenters. The van der Waals surface area contributed by atoms with Crippen molar-refractivity contribution in [2.75, 3.05) is 13.2 Å². The van der Waals surface area contributed by atoms with Gasteiger partial charge in [-0.1, -0.05) is 33.6 Å². The van der Waals surface area contributed by atoms with Crippen molar-refractivity contribution in [3.8, 4) is 0 Å². The van der Waals surface area contributed by atoms with Crippen molar-refractivity contribution in [1.29, 1.82) is 0 Å². The van der Waals surface area contributed by atoms with Crippen LogP contribution in [0.15, 0.2) is 0 Å². The summed E-state index contributed by atoms with van der Waals surface area (Å²) < 4.78 is 6.37. The Bertz CT molecular complexity index is 250. The van der Waals surface area contributed by atoms with Gasteiger partial charge in [0.25, 0.3) is 0 Å². The lowest BCUT2D eigenvalue weighted by Gasteiger charge is -2.40. The van der Waals surface area contributed by atoms with Crippen LogP contribution in [0.25, 0.3) is 0 Å². The summed E-state index contributed by atoms with van der Waals surface area (Å²) >= 11 is 0. The molecule has 0 bridgehead atoms. The molecule has 2 saturated carbocycles. The van der Waals surface area contributed by atoms with Gasteiger partial charge in [-0.3, -0.25) is 0 Å². The first kappa shape index (κ1) is 15.3. The second-order valence-electron chi connectivity index (χ2n) is 7.06. The molecule has 0 amide bonds. The van der Waals surface area contributed by atoms with Crippen molar-refractivity contribution in [3.63, 3.8) is 0 Å². The Hall–Kier alpha value is -0.0800. The molecule has 0 aromatic carbocycles. The van der Waals surface area contributed by atoms with Crippen LogP contribution < -0.4 is 5.32 Å². The fourth-order valence-corrected chi connectivity index (χ4v) is 4.06. The molecule has 2 rings (SSSR count). The zero-order valence-electron chi connectivity index (χ0n) is 13.2. The van der Waals surface area contributed by atoms with Crippen LogP contribution in [-0.4, -0.2) is 25.3 Å². The quantitative estimate of drug-likeness (QED) is 0.785. The number of hydrogen-bond donors (Lipinski definition) is 1. The van der Waals surface area contributed by atoms with Gasteiger partial charge in [0, 0.05) is 12.6 Å². The van der Waals surface area contributed by atoms with Gasteiger partial charge in [0.1, 0.15) is 0 Å². The zero-order valence-corrected chi connectivity index (χ0v) is 13.2. The monoisotopic (exact) mass is 267 g/mol. The maximum absolute atomic E-state index is 6.37. The van der Waals surface area contributed by atoms with Gasteiger partial charge in [-0.25, -0.2) is 0 Å². The molecular formula is C17H33NO. The second-order valence-corrected chi connectivity index (χ2v) is 7.06. The summed E-state index contributed by atoms with van der Waals surface area (Å²) in [6.45, 7) is 9.16. The third kappa shape index (κ3) is 4.46. The summed E-state index contributed by atoms with van der Waals surface area (Å²) in [6, 6.07) is 0.583. The first-order valence-corrected chi connectivity index (χ1v) is 8.55. The van der Waals surface area contributed by atoms with Gasteiger partial charge >= 0.3 is 0 Å². The molecule has 0 saturated heterocycles. The molecule has 2 nitrogen and oxygen atoms in total. The Morgan fingerprint density at radius 3 is 2.53 bits per heavy atom. The van der Waals surface area contributed by atoms with Crippen molar-refractivity contribution in [2.24, 2.45) is 17.8 Å². The molecule has 0 heterocycles. The molecule has 0 aromatic rings. The first-order valence-electron chi connectivity index (χ1n) is 8.55. The third-order valence-corrected chi connectivity index (χ3v) is 5.04. The smallest absolute Gasteiger partial charge is 0.0753 e. The third-order valence-electron chi connectivity index (χ3n) is 5.04. The molecule has 0 radical (unpaired) electrons. The first-order chi connectivity index (χ1) is 9.20. The van der Waals surface area contributed by atoms with Crippen LogP contribution in [0.5, 0.6) is 0 Å². The van der Waals surface area contributed by atoms with Crippen LogP contribution in [0.2, 0.25) is 0 Å². The lowest BCUT2D eigenvalue weighted by atomic mass is 9.78. The molecule has 2 fully saturated rings. The van der Waals surface area contributed by atoms with Crippen molar-refractivity contribution in [3.05, 3.63) is 0 Å². The summed E-state index contributed by atoms with van der Waals surface area (Å²) in [7, 11) is 0. The zero-order chi connectivity index (χ0) is 13.7. The summed E-state index contributed by atoms with van der Waals surface area (Å²) in [5.74, 6) is 2.40. The minimum absolute atomic E-state index is 0.448. The van der Waals surface area contributed by atoms with E-state index in [0.717, 1.165) is 25.0 Å². The topological polar surface area (TPSA) is 21.3 Å². The van der Waals surface area contributed by atoms with Gasteiger partial charge in [-0.15, -0.1) is 0 Å². The Morgan fingerprint density at radius 2 is 1.84 bits per heavy atom. The predicted molar refractivity (Wildman–Crippen MR) is 81.3 cm³/mol. The molecular weight excluding hydrogens is 234 g/mol. The molecule has 1 N–H and O–H groups in total. The average molecular weight is 267 g/mol. The van der Waals surface area contributed by atoms with Gasteiger partial charge in [-0.2, -0.15) is 0 Å². The largest absolute Gasteiger partial charge is 0.376 e. The molecule has 112 valence electrons. The van der Waals surface area contributed by atoms with Gasteiger partial charge in [-0.05, 0) is 56.4 Å². The molecule has 19 heavy (non-hydrogen) atoms. The summed E-state index contributed by atoms with van der Waals surface area (Å²) in [4.78, 5) is 0. The van der Waals surface area contributed by atoms with E-state index in [-0.39, 0.29) is 0 Å². The van der Waals surface area contributed by atoms with Crippen molar-refractivity contribution in [1.82, 2.24) is 5.32 Å². The van der Waals surface area contributed by atoms with Crippen LogP contribution in [0.4, 0.5) is 0 Å². The molecule has 0 aliphatic heterocycles. The van der Waals surface area contributed by atoms with Crippen LogP contribution in [0, 0.1) is 17.8 Å². The lowest BCUT2D eigenvalue weighted by Crippen LogP contribution is -2.50. The van der Waals surface area contributed by atoms with Crippen molar-refractivity contribution < 1.29 is 4.74 Å². The molecule has 0 aromatic heterocycles. The highest BCUT2D eigenvalue weighted by atomic mass is 16.5. The van der Waals surface area contributed by atoms with E-state index in [1.807, 2.05) is 0 Å². The van der Waals surface area contributed by atoms with E-state index in [4.69, 9.17) is 4.74 Å². The summed E-state index contributed by atoms with van der Waals surface area (Å²) in [6.07, 6.45) is 9.91. The van der Waals surface area contributed by atoms with Crippen LogP contribution in [0.1, 0.15) is 65.7 Å². The predicted octanol–water partition coefficient (Wildman–Crippen LogP) is 4.00. The van der Waals surface area contributed by atoms with Gasteiger partial charge in [0.2, 0.25) is 0 Å². The van der Waals surface area contributed by atoms with E-state index < -0.39 is 0 Å². The number of ether oxygens (including phenoxy) is 1. The van der Waals surface area contributed by atoms with E-state index in [2.05, 4.69) is 26.1 Å². The number of hydrogen-bond acceptors (Lipinski definition) is 2. The molecule has 2 heteroatoms. The summed E-state index contributed by atoms with van der Waals surface area (Å²) in [5, 5.41) is 3.73. The van der Waals surface area contributed by atoms with Gasteiger partial charge in [0.05, 0.1) is 6.10 Å². The number of nitrogens with one attached hydrogen (secondary N) is 1. The van der Waals surface area contributed by atoms with E-state index >= 15 is 0 Å². The second kappa shape index (κ2) is 7.64. The van der Waals surface area contributed by atoms with Crippen molar-refractivity contribution >= 4 is 0 Å². The Balaban J connectivity index is 1.84.